The maximum absolute atomic E-state index is 12.9. The Bertz CT molecular complexity index is 1100. The number of likely N-dealkylation sites (N-methyl/N-ethyl adjacent to an activating group) is 1. The molecule has 2 rings (SSSR count). The van der Waals surface area contributed by atoms with E-state index in [0.29, 0.717) is 65.4 Å². The van der Waals surface area contributed by atoms with E-state index in [-0.39, 0.29) is 37.5 Å². The lowest BCUT2D eigenvalue weighted by Gasteiger charge is -2.35. The van der Waals surface area contributed by atoms with E-state index in [2.05, 4.69) is 31.7 Å². The first-order chi connectivity index (χ1) is 22.7. The quantitative estimate of drug-likeness (QED) is 0.257. The molecule has 1 saturated heterocycles. The van der Waals surface area contributed by atoms with E-state index in [4.69, 9.17) is 14.2 Å². The molecule has 1 aromatic carbocycles. The second-order valence-electron chi connectivity index (χ2n) is 16.2. The van der Waals surface area contributed by atoms with E-state index in [1.807, 2.05) is 92.5 Å². The van der Waals surface area contributed by atoms with Crippen molar-refractivity contribution in [2.45, 2.75) is 91.8 Å². The Labute approximate surface area is 295 Å². The van der Waals surface area contributed by atoms with Crippen LogP contribution in [0.15, 0.2) is 30.3 Å². The van der Waals surface area contributed by atoms with Gasteiger partial charge < -0.3 is 19.3 Å². The van der Waals surface area contributed by atoms with Crippen LogP contribution in [0.3, 0.4) is 0 Å². The highest BCUT2D eigenvalue weighted by atomic mass is 16.6. The molecule has 12 nitrogen and oxygen atoms in total. The number of hydrogen-bond acceptors (Lipinski definition) is 12. The molecule has 1 aliphatic heterocycles. The van der Waals surface area contributed by atoms with Crippen LogP contribution >= 0.6 is 0 Å². The number of β-amino-alcohol motifs (C(OH)–C–C–N with tert-alkyl or cyclic N) is 1. The second kappa shape index (κ2) is 19.7. The van der Waals surface area contributed by atoms with E-state index in [1.165, 1.54) is 5.56 Å². The molecule has 49 heavy (non-hydrogen) atoms. The Morgan fingerprint density at radius 3 is 1.29 bits per heavy atom. The minimum Gasteiger partial charge on any atom is -0.459 e. The zero-order chi connectivity index (χ0) is 36.8. The average Bonchev–Trinajstić information content (AvgIpc) is 2.91. The molecule has 1 aliphatic rings. The van der Waals surface area contributed by atoms with Crippen LogP contribution in [0, 0.1) is 0 Å². The van der Waals surface area contributed by atoms with Crippen LogP contribution in [0.5, 0.6) is 0 Å². The predicted octanol–water partition coefficient (Wildman–Crippen LogP) is 2.73. The summed E-state index contributed by atoms with van der Waals surface area (Å²) in [6, 6.07) is 10.2. The Morgan fingerprint density at radius 1 is 0.633 bits per heavy atom. The van der Waals surface area contributed by atoms with Crippen LogP contribution in [0.25, 0.3) is 0 Å². The van der Waals surface area contributed by atoms with Crippen molar-refractivity contribution in [2.75, 3.05) is 92.1 Å². The molecule has 0 aliphatic carbocycles. The Kier molecular flexibility index (Phi) is 17.1. The van der Waals surface area contributed by atoms with Gasteiger partial charge in [-0.1, -0.05) is 30.3 Å². The van der Waals surface area contributed by atoms with E-state index < -0.39 is 22.9 Å². The SMILES string of the molecule is CN(Cc1ccccc1)CC(O)CN1CCN(CC(=O)OC(C)(C)C)CCN(CC(=O)OC(C)(C)C)CCN(CC(=O)OC(C)(C)C)CC1. The topological polar surface area (TPSA) is 115 Å². The van der Waals surface area contributed by atoms with Gasteiger partial charge in [-0.25, -0.2) is 0 Å². The first-order valence-electron chi connectivity index (χ1n) is 17.6. The van der Waals surface area contributed by atoms with Gasteiger partial charge in [-0.3, -0.25) is 38.9 Å². The Balaban J connectivity index is 2.25. The summed E-state index contributed by atoms with van der Waals surface area (Å²) in [4.78, 5) is 49.2. The molecular formula is C37H65N5O7. The zero-order valence-corrected chi connectivity index (χ0v) is 32.0. The third-order valence-electron chi connectivity index (χ3n) is 7.53. The molecule has 1 heterocycles. The average molecular weight is 692 g/mol. The standard InChI is InChI=1S/C37H65N5O7/c1-35(2,3)47-32(44)27-40-18-16-39(26-31(43)25-38(10)24-30-14-12-11-13-15-30)17-19-41(28-33(45)48-36(4,5)6)21-23-42(22-20-40)29-34(46)49-37(7,8)9/h11-15,31,43H,16-29H2,1-10H3. The van der Waals surface area contributed by atoms with Gasteiger partial charge in [0.1, 0.15) is 16.8 Å². The van der Waals surface area contributed by atoms with Crippen LogP contribution in [-0.2, 0) is 35.1 Å². The number of carbonyl (C=O) groups excluding carboxylic acids is 3. The number of carbonyl (C=O) groups is 3. The number of hydrogen-bond donors (Lipinski definition) is 1. The minimum atomic E-state index is -0.612. The Hall–Kier alpha value is -2.61. The molecule has 0 spiro atoms. The summed E-state index contributed by atoms with van der Waals surface area (Å²) in [6.07, 6.45) is -0.607. The third-order valence-corrected chi connectivity index (χ3v) is 7.53. The summed E-state index contributed by atoms with van der Waals surface area (Å²) in [5, 5.41) is 11.2. The molecule has 0 aromatic heterocycles. The van der Waals surface area contributed by atoms with Gasteiger partial charge in [-0.15, -0.1) is 0 Å². The minimum absolute atomic E-state index is 0.0899. The van der Waals surface area contributed by atoms with Crippen molar-refractivity contribution in [3.8, 4) is 0 Å². The van der Waals surface area contributed by atoms with Crippen molar-refractivity contribution < 1.29 is 33.7 Å². The number of aliphatic hydroxyl groups is 1. The third kappa shape index (κ3) is 20.6. The fourth-order valence-corrected chi connectivity index (χ4v) is 5.58. The number of benzene rings is 1. The summed E-state index contributed by atoms with van der Waals surface area (Å²) in [6.45, 7) is 23.0. The van der Waals surface area contributed by atoms with Crippen LogP contribution in [0.1, 0.15) is 67.9 Å². The number of ether oxygens (including phenoxy) is 3. The summed E-state index contributed by atoms with van der Waals surface area (Å²) in [7, 11) is 2.00. The number of esters is 3. The molecule has 1 aromatic rings. The zero-order valence-electron chi connectivity index (χ0n) is 32.0. The van der Waals surface area contributed by atoms with Crippen LogP contribution < -0.4 is 0 Å². The molecule has 280 valence electrons. The van der Waals surface area contributed by atoms with Crippen molar-refractivity contribution in [1.29, 1.82) is 0 Å². The highest BCUT2D eigenvalue weighted by Gasteiger charge is 2.26. The van der Waals surface area contributed by atoms with E-state index in [9.17, 15) is 19.5 Å². The van der Waals surface area contributed by atoms with Crippen LogP contribution in [0.4, 0.5) is 0 Å². The molecular weight excluding hydrogens is 626 g/mol. The van der Waals surface area contributed by atoms with E-state index >= 15 is 0 Å². The van der Waals surface area contributed by atoms with Crippen molar-refractivity contribution in [2.24, 2.45) is 0 Å². The summed E-state index contributed by atoms with van der Waals surface area (Å²) < 4.78 is 16.9. The van der Waals surface area contributed by atoms with Gasteiger partial charge in [-0.2, -0.15) is 0 Å². The first-order valence-corrected chi connectivity index (χ1v) is 17.6. The maximum atomic E-state index is 12.9. The number of aliphatic hydroxyl groups excluding tert-OH is 1. The van der Waals surface area contributed by atoms with Crippen LogP contribution in [-0.4, -0.2) is 163 Å². The van der Waals surface area contributed by atoms with Crippen molar-refractivity contribution >= 4 is 17.9 Å². The van der Waals surface area contributed by atoms with Crippen molar-refractivity contribution in [1.82, 2.24) is 24.5 Å². The lowest BCUT2D eigenvalue weighted by Crippen LogP contribution is -2.50. The number of nitrogens with zero attached hydrogens (tertiary/aromatic N) is 5. The van der Waals surface area contributed by atoms with Crippen molar-refractivity contribution in [3.05, 3.63) is 35.9 Å². The van der Waals surface area contributed by atoms with Gasteiger partial charge >= 0.3 is 17.9 Å². The molecule has 0 bridgehead atoms. The van der Waals surface area contributed by atoms with Gasteiger partial charge in [0.25, 0.3) is 0 Å². The van der Waals surface area contributed by atoms with Gasteiger partial charge in [0.05, 0.1) is 25.7 Å². The lowest BCUT2D eigenvalue weighted by molar-refractivity contribution is -0.158. The van der Waals surface area contributed by atoms with Gasteiger partial charge in [0, 0.05) is 72.0 Å². The largest absolute Gasteiger partial charge is 0.459 e. The molecule has 1 fully saturated rings. The molecule has 1 atom stereocenters. The van der Waals surface area contributed by atoms with Gasteiger partial charge in [0.15, 0.2) is 0 Å². The van der Waals surface area contributed by atoms with E-state index in [0.717, 1.165) is 6.54 Å². The second-order valence-corrected chi connectivity index (χ2v) is 16.2. The molecule has 12 heteroatoms. The van der Waals surface area contributed by atoms with Crippen molar-refractivity contribution in [3.63, 3.8) is 0 Å². The molecule has 1 N–H and O–H groups in total. The van der Waals surface area contributed by atoms with Crippen LogP contribution in [0.2, 0.25) is 0 Å². The first kappa shape index (κ1) is 42.6. The fraction of sp³-hybridized carbons (Fsp3) is 0.757. The van der Waals surface area contributed by atoms with E-state index in [1.54, 1.807) is 0 Å². The smallest absolute Gasteiger partial charge is 0.320 e. The van der Waals surface area contributed by atoms with Gasteiger partial charge in [0.2, 0.25) is 0 Å². The molecule has 0 saturated carbocycles. The van der Waals surface area contributed by atoms with Gasteiger partial charge in [-0.05, 0) is 74.9 Å². The summed E-state index contributed by atoms with van der Waals surface area (Å²) >= 11 is 0. The summed E-state index contributed by atoms with van der Waals surface area (Å²) in [5.41, 5.74) is -0.642. The fourth-order valence-electron chi connectivity index (χ4n) is 5.58. The maximum Gasteiger partial charge on any atom is 0.320 e. The molecule has 0 radical (unpaired) electrons. The monoisotopic (exact) mass is 691 g/mol. The Morgan fingerprint density at radius 2 is 0.959 bits per heavy atom. The normalized spacial score (nSPS) is 18.0. The predicted molar refractivity (Wildman–Crippen MR) is 192 cm³/mol. The lowest BCUT2D eigenvalue weighted by atomic mass is 10.2. The highest BCUT2D eigenvalue weighted by Crippen LogP contribution is 2.12. The number of rotatable bonds is 12. The summed E-state index contributed by atoms with van der Waals surface area (Å²) in [5.74, 6) is -0.943. The molecule has 1 unspecified atom stereocenters. The highest BCUT2D eigenvalue weighted by molar-refractivity contribution is 5.73. The molecule has 0 amide bonds.